The molecule has 2 aromatic rings. The lowest BCUT2D eigenvalue weighted by molar-refractivity contribution is 0.0506. The summed E-state index contributed by atoms with van der Waals surface area (Å²) >= 11 is 0.993. The van der Waals surface area contributed by atoms with Gasteiger partial charge < -0.3 is 14.8 Å². The van der Waals surface area contributed by atoms with Crippen LogP contribution >= 0.6 is 11.3 Å². The number of carbonyl (C=O) groups excluding carboxylic acids is 3. The van der Waals surface area contributed by atoms with Gasteiger partial charge in [0.2, 0.25) is 0 Å². The van der Waals surface area contributed by atoms with Gasteiger partial charge in [-0.1, -0.05) is 6.92 Å². The zero-order valence-corrected chi connectivity index (χ0v) is 17.8. The summed E-state index contributed by atoms with van der Waals surface area (Å²) in [5, 5.41) is 7.36. The number of methoxy groups -OCH3 is 1. The lowest BCUT2D eigenvalue weighted by Gasteiger charge is -2.08. The summed E-state index contributed by atoms with van der Waals surface area (Å²) < 4.78 is 11.8. The topological polar surface area (TPSA) is 99.5 Å². The first-order valence-electron chi connectivity index (χ1n) is 9.00. The van der Waals surface area contributed by atoms with E-state index in [4.69, 9.17) is 9.47 Å². The van der Waals surface area contributed by atoms with Crippen molar-refractivity contribution in [3.8, 4) is 0 Å². The molecule has 2 aromatic heterocycles. The molecule has 0 unspecified atom stereocenters. The standard InChI is InChI=1S/C19H25N3O5S/c1-7-9-27-18(24)13-10(3)15(19(25)26-6)28-17(13)20-16(23)14-11(4)21-22(8-2)12(14)5/h7-9H2,1-6H3,(H,20,23). The summed E-state index contributed by atoms with van der Waals surface area (Å²) in [6, 6.07) is 0. The molecule has 0 aliphatic rings. The van der Waals surface area contributed by atoms with Gasteiger partial charge in [0, 0.05) is 12.2 Å². The average Bonchev–Trinajstić information content (AvgIpc) is 3.14. The molecule has 0 fully saturated rings. The molecule has 0 radical (unpaired) electrons. The Bertz CT molecular complexity index is 913. The van der Waals surface area contributed by atoms with Crippen LogP contribution in [-0.4, -0.2) is 41.3 Å². The number of hydrogen-bond donors (Lipinski definition) is 1. The summed E-state index contributed by atoms with van der Waals surface area (Å²) in [4.78, 5) is 37.7. The molecule has 0 atom stereocenters. The van der Waals surface area contributed by atoms with Gasteiger partial charge in [0.25, 0.3) is 5.91 Å². The van der Waals surface area contributed by atoms with E-state index in [1.165, 1.54) is 7.11 Å². The maximum Gasteiger partial charge on any atom is 0.348 e. The minimum absolute atomic E-state index is 0.172. The van der Waals surface area contributed by atoms with Crippen LogP contribution in [0.1, 0.15) is 67.6 Å². The molecule has 1 amide bonds. The van der Waals surface area contributed by atoms with E-state index >= 15 is 0 Å². The zero-order valence-electron chi connectivity index (χ0n) is 17.0. The van der Waals surface area contributed by atoms with E-state index in [9.17, 15) is 14.4 Å². The van der Waals surface area contributed by atoms with Crippen molar-refractivity contribution >= 4 is 34.2 Å². The molecule has 0 aliphatic carbocycles. The highest BCUT2D eigenvalue weighted by Crippen LogP contribution is 2.35. The quantitative estimate of drug-likeness (QED) is 0.705. The second-order valence-electron chi connectivity index (χ2n) is 6.20. The number of anilines is 1. The Morgan fingerprint density at radius 3 is 2.32 bits per heavy atom. The number of aryl methyl sites for hydroxylation is 2. The fourth-order valence-corrected chi connectivity index (χ4v) is 4.01. The minimum Gasteiger partial charge on any atom is -0.465 e. The Balaban J connectivity index is 2.46. The van der Waals surface area contributed by atoms with Crippen LogP contribution in [0.2, 0.25) is 0 Å². The van der Waals surface area contributed by atoms with Crippen molar-refractivity contribution in [2.24, 2.45) is 0 Å². The van der Waals surface area contributed by atoms with Crippen molar-refractivity contribution in [2.45, 2.75) is 47.6 Å². The van der Waals surface area contributed by atoms with Gasteiger partial charge in [-0.25, -0.2) is 9.59 Å². The van der Waals surface area contributed by atoms with Crippen molar-refractivity contribution in [3.63, 3.8) is 0 Å². The van der Waals surface area contributed by atoms with E-state index in [0.29, 0.717) is 29.8 Å². The first-order valence-corrected chi connectivity index (χ1v) is 9.82. The molecule has 0 aliphatic heterocycles. The number of nitrogens with one attached hydrogen (secondary N) is 1. The number of hydrogen-bond acceptors (Lipinski definition) is 7. The molecule has 152 valence electrons. The van der Waals surface area contributed by atoms with Crippen LogP contribution in [0.5, 0.6) is 0 Å². The van der Waals surface area contributed by atoms with E-state index in [-0.39, 0.29) is 22.0 Å². The van der Waals surface area contributed by atoms with Crippen LogP contribution < -0.4 is 5.32 Å². The van der Waals surface area contributed by atoms with Gasteiger partial charge in [-0.2, -0.15) is 5.10 Å². The van der Waals surface area contributed by atoms with Crippen LogP contribution in [0.4, 0.5) is 5.00 Å². The van der Waals surface area contributed by atoms with Crippen molar-refractivity contribution in [2.75, 3.05) is 19.0 Å². The Labute approximate surface area is 167 Å². The third-order valence-electron chi connectivity index (χ3n) is 4.29. The maximum atomic E-state index is 12.9. The normalized spacial score (nSPS) is 10.6. The van der Waals surface area contributed by atoms with E-state index in [1.807, 2.05) is 20.8 Å². The third kappa shape index (κ3) is 4.09. The summed E-state index contributed by atoms with van der Waals surface area (Å²) in [5.74, 6) is -1.55. The van der Waals surface area contributed by atoms with Crippen molar-refractivity contribution in [3.05, 3.63) is 33.0 Å². The van der Waals surface area contributed by atoms with Gasteiger partial charge in [-0.05, 0) is 39.7 Å². The fourth-order valence-electron chi connectivity index (χ4n) is 2.90. The summed E-state index contributed by atoms with van der Waals surface area (Å²) in [6.07, 6.45) is 0.662. The van der Waals surface area contributed by atoms with Crippen molar-refractivity contribution in [1.82, 2.24) is 9.78 Å². The molecule has 0 aromatic carbocycles. The van der Waals surface area contributed by atoms with Gasteiger partial charge in [0.15, 0.2) is 0 Å². The first kappa shape index (κ1) is 21.6. The SMILES string of the molecule is CCCOC(=O)c1c(NC(=O)c2c(C)nn(CC)c2C)sc(C(=O)OC)c1C. The van der Waals surface area contributed by atoms with E-state index in [0.717, 1.165) is 17.0 Å². The third-order valence-corrected chi connectivity index (χ3v) is 5.48. The Kier molecular flexibility index (Phi) is 6.95. The van der Waals surface area contributed by atoms with Gasteiger partial charge >= 0.3 is 11.9 Å². The van der Waals surface area contributed by atoms with Gasteiger partial charge in [0.05, 0.1) is 30.5 Å². The molecule has 8 nitrogen and oxygen atoms in total. The predicted octanol–water partition coefficient (Wildman–Crippen LogP) is 3.50. The highest BCUT2D eigenvalue weighted by atomic mass is 32.1. The van der Waals surface area contributed by atoms with E-state index in [2.05, 4.69) is 10.4 Å². The largest absolute Gasteiger partial charge is 0.465 e. The lowest BCUT2D eigenvalue weighted by atomic mass is 10.1. The van der Waals surface area contributed by atoms with Crippen LogP contribution in [0.3, 0.4) is 0 Å². The van der Waals surface area contributed by atoms with Crippen LogP contribution in [0.25, 0.3) is 0 Å². The van der Waals surface area contributed by atoms with Gasteiger partial charge in [0.1, 0.15) is 9.88 Å². The molecule has 9 heteroatoms. The second kappa shape index (κ2) is 9.01. The number of amides is 1. The second-order valence-corrected chi connectivity index (χ2v) is 7.22. The molecule has 0 saturated heterocycles. The molecular weight excluding hydrogens is 382 g/mol. The predicted molar refractivity (Wildman–Crippen MR) is 106 cm³/mol. The summed E-state index contributed by atoms with van der Waals surface area (Å²) in [6.45, 7) is 9.90. The lowest BCUT2D eigenvalue weighted by Crippen LogP contribution is -2.16. The number of esters is 2. The van der Waals surface area contributed by atoms with Crippen LogP contribution in [-0.2, 0) is 16.0 Å². The number of carbonyl (C=O) groups is 3. The van der Waals surface area contributed by atoms with Crippen molar-refractivity contribution < 1.29 is 23.9 Å². The zero-order chi connectivity index (χ0) is 21.0. The van der Waals surface area contributed by atoms with Crippen LogP contribution in [0.15, 0.2) is 0 Å². The maximum absolute atomic E-state index is 12.9. The highest BCUT2D eigenvalue weighted by Gasteiger charge is 2.28. The van der Waals surface area contributed by atoms with E-state index in [1.54, 1.807) is 18.5 Å². The number of ether oxygens (including phenoxy) is 2. The fraction of sp³-hybridized carbons (Fsp3) is 0.474. The van der Waals surface area contributed by atoms with Gasteiger partial charge in [-0.15, -0.1) is 11.3 Å². The van der Waals surface area contributed by atoms with Gasteiger partial charge in [-0.3, -0.25) is 9.48 Å². The highest BCUT2D eigenvalue weighted by molar-refractivity contribution is 7.18. The Hall–Kier alpha value is -2.68. The minimum atomic E-state index is -0.584. The smallest absolute Gasteiger partial charge is 0.348 e. The molecule has 28 heavy (non-hydrogen) atoms. The molecule has 2 heterocycles. The number of aromatic nitrogens is 2. The van der Waals surface area contributed by atoms with E-state index < -0.39 is 17.8 Å². The molecule has 1 N–H and O–H groups in total. The summed E-state index contributed by atoms with van der Waals surface area (Å²) in [5.41, 5.74) is 2.36. The number of thiophene rings is 1. The molecule has 0 saturated carbocycles. The van der Waals surface area contributed by atoms with Crippen molar-refractivity contribution in [1.29, 1.82) is 0 Å². The molecule has 2 rings (SSSR count). The molecule has 0 spiro atoms. The monoisotopic (exact) mass is 407 g/mol. The number of rotatable bonds is 7. The number of nitrogens with zero attached hydrogens (tertiary/aromatic N) is 2. The molecular formula is C19H25N3O5S. The molecule has 0 bridgehead atoms. The first-order chi connectivity index (χ1) is 13.3. The Morgan fingerprint density at radius 2 is 1.79 bits per heavy atom. The average molecular weight is 407 g/mol. The van der Waals surface area contributed by atoms with Crippen LogP contribution in [0, 0.1) is 20.8 Å². The summed E-state index contributed by atoms with van der Waals surface area (Å²) in [7, 11) is 1.26. The Morgan fingerprint density at radius 1 is 1.11 bits per heavy atom.